The van der Waals surface area contributed by atoms with Gasteiger partial charge in [0.1, 0.15) is 12.4 Å². The van der Waals surface area contributed by atoms with Gasteiger partial charge in [-0.2, -0.15) is 0 Å². The van der Waals surface area contributed by atoms with Crippen LogP contribution < -0.4 is 5.73 Å². The summed E-state index contributed by atoms with van der Waals surface area (Å²) in [7, 11) is 0. The van der Waals surface area contributed by atoms with E-state index in [1.54, 1.807) is 12.5 Å². The molecule has 0 spiro atoms. The smallest absolute Gasteiger partial charge is 0.115 e. The largest absolute Gasteiger partial charge is 0.372 e. The first-order valence-electron chi connectivity index (χ1n) is 4.49. The molecule has 2 unspecified atom stereocenters. The average Bonchev–Trinajstić information content (AvgIpc) is 2.19. The predicted molar refractivity (Wildman–Crippen MR) is 47.9 cm³/mol. The highest BCUT2D eigenvalue weighted by molar-refractivity contribution is 5.03. The molecule has 4 heteroatoms. The first kappa shape index (κ1) is 8.59. The quantitative estimate of drug-likeness (QED) is 0.687. The monoisotopic (exact) mass is 179 g/mol. The van der Waals surface area contributed by atoms with Crippen molar-refractivity contribution in [3.05, 3.63) is 24.3 Å². The lowest BCUT2D eigenvalue weighted by molar-refractivity contribution is 0.00404. The fourth-order valence-electron chi connectivity index (χ4n) is 1.52. The molecule has 2 N–H and O–H groups in total. The zero-order valence-electron chi connectivity index (χ0n) is 7.39. The fraction of sp³-hybridized carbons (Fsp3) is 0.556. The van der Waals surface area contributed by atoms with E-state index < -0.39 is 0 Å². The molecular formula is C9H13N3O. The summed E-state index contributed by atoms with van der Waals surface area (Å²) in [5, 5.41) is 0. The number of ether oxygens (including phenoxy) is 1. The number of nitrogens with zero attached hydrogens (tertiary/aromatic N) is 2. The molecule has 0 radical (unpaired) electrons. The summed E-state index contributed by atoms with van der Waals surface area (Å²) in [6, 6.07) is 2.12. The summed E-state index contributed by atoms with van der Waals surface area (Å²) >= 11 is 0. The highest BCUT2D eigenvalue weighted by Crippen LogP contribution is 2.24. The second-order valence-electron chi connectivity index (χ2n) is 3.28. The topological polar surface area (TPSA) is 61.0 Å². The highest BCUT2D eigenvalue weighted by Gasteiger charge is 2.21. The second-order valence-corrected chi connectivity index (χ2v) is 3.28. The summed E-state index contributed by atoms with van der Waals surface area (Å²) in [5.74, 6) is 0. The van der Waals surface area contributed by atoms with Crippen LogP contribution in [-0.4, -0.2) is 22.6 Å². The van der Waals surface area contributed by atoms with Gasteiger partial charge >= 0.3 is 0 Å². The predicted octanol–water partition coefficient (Wildman–Crippen LogP) is 0.655. The number of hydrogen-bond acceptors (Lipinski definition) is 4. The van der Waals surface area contributed by atoms with E-state index in [4.69, 9.17) is 10.5 Å². The third kappa shape index (κ3) is 2.02. The molecule has 70 valence electrons. The number of nitrogens with two attached hydrogens (primary N) is 1. The zero-order chi connectivity index (χ0) is 9.10. The van der Waals surface area contributed by atoms with Crippen LogP contribution in [0.15, 0.2) is 18.6 Å². The molecule has 13 heavy (non-hydrogen) atoms. The van der Waals surface area contributed by atoms with Gasteiger partial charge in [-0.25, -0.2) is 9.97 Å². The van der Waals surface area contributed by atoms with Crippen molar-refractivity contribution in [3.63, 3.8) is 0 Å². The molecule has 0 saturated carbocycles. The van der Waals surface area contributed by atoms with Gasteiger partial charge in [0.15, 0.2) is 0 Å². The zero-order valence-corrected chi connectivity index (χ0v) is 7.39. The maximum atomic E-state index is 5.84. The fourth-order valence-corrected chi connectivity index (χ4v) is 1.52. The van der Waals surface area contributed by atoms with E-state index in [9.17, 15) is 0 Å². The summed E-state index contributed by atoms with van der Waals surface area (Å²) in [5.41, 5.74) is 6.77. The van der Waals surface area contributed by atoms with E-state index >= 15 is 0 Å². The Labute approximate surface area is 77.1 Å². The maximum absolute atomic E-state index is 5.84. The van der Waals surface area contributed by atoms with Gasteiger partial charge in [0.05, 0.1) is 5.69 Å². The molecule has 0 aromatic carbocycles. The van der Waals surface area contributed by atoms with Gasteiger partial charge in [-0.3, -0.25) is 0 Å². The normalized spacial score (nSPS) is 28.7. The molecule has 1 fully saturated rings. The standard InChI is InChI=1S/C9H13N3O/c10-7-2-4-13-9(5-7)8-1-3-11-6-12-8/h1,3,6-7,9H,2,4-5,10H2. The molecule has 2 rings (SSSR count). The molecule has 1 aliphatic rings. The Bertz CT molecular complexity index is 265. The molecule has 1 aliphatic heterocycles. The Balaban J connectivity index is 2.08. The molecule has 4 nitrogen and oxygen atoms in total. The van der Waals surface area contributed by atoms with E-state index in [1.165, 1.54) is 0 Å². The van der Waals surface area contributed by atoms with Crippen LogP contribution in [-0.2, 0) is 4.74 Å². The van der Waals surface area contributed by atoms with Gasteiger partial charge in [-0.05, 0) is 18.9 Å². The number of hydrogen-bond donors (Lipinski definition) is 1. The third-order valence-corrected chi connectivity index (χ3v) is 2.26. The molecule has 1 aromatic heterocycles. The maximum Gasteiger partial charge on any atom is 0.115 e. The van der Waals surface area contributed by atoms with Crippen molar-refractivity contribution < 1.29 is 4.74 Å². The minimum Gasteiger partial charge on any atom is -0.372 e. The molecular weight excluding hydrogens is 166 g/mol. The molecule has 0 amide bonds. The van der Waals surface area contributed by atoms with E-state index in [1.807, 2.05) is 6.07 Å². The third-order valence-electron chi connectivity index (χ3n) is 2.26. The van der Waals surface area contributed by atoms with Crippen molar-refractivity contribution in [2.75, 3.05) is 6.61 Å². The van der Waals surface area contributed by atoms with Crippen molar-refractivity contribution in [2.24, 2.45) is 5.73 Å². The van der Waals surface area contributed by atoms with Crippen molar-refractivity contribution in [3.8, 4) is 0 Å². The minimum atomic E-state index is 0.0618. The lowest BCUT2D eigenvalue weighted by Gasteiger charge is -2.26. The molecule has 2 atom stereocenters. The Hall–Kier alpha value is -1.00. The van der Waals surface area contributed by atoms with E-state index in [2.05, 4.69) is 9.97 Å². The first-order valence-corrected chi connectivity index (χ1v) is 4.49. The number of rotatable bonds is 1. The van der Waals surface area contributed by atoms with E-state index in [0.29, 0.717) is 0 Å². The lowest BCUT2D eigenvalue weighted by Crippen LogP contribution is -2.30. The van der Waals surface area contributed by atoms with E-state index in [0.717, 1.165) is 25.1 Å². The second kappa shape index (κ2) is 3.81. The lowest BCUT2D eigenvalue weighted by atomic mass is 10.0. The van der Waals surface area contributed by atoms with Crippen LogP contribution >= 0.6 is 0 Å². The summed E-state index contributed by atoms with van der Waals surface area (Å²) in [6.07, 6.45) is 5.13. The SMILES string of the molecule is NC1CCOC(c2ccncn2)C1. The van der Waals surface area contributed by atoms with Crippen molar-refractivity contribution in [1.82, 2.24) is 9.97 Å². The van der Waals surface area contributed by atoms with Crippen molar-refractivity contribution in [2.45, 2.75) is 25.0 Å². The van der Waals surface area contributed by atoms with Crippen LogP contribution in [0.3, 0.4) is 0 Å². The van der Waals surface area contributed by atoms with Gasteiger partial charge in [0.2, 0.25) is 0 Å². The highest BCUT2D eigenvalue weighted by atomic mass is 16.5. The summed E-state index contributed by atoms with van der Waals surface area (Å²) in [4.78, 5) is 8.01. The van der Waals surface area contributed by atoms with Crippen LogP contribution in [0.25, 0.3) is 0 Å². The van der Waals surface area contributed by atoms with Crippen LogP contribution in [0.5, 0.6) is 0 Å². The summed E-state index contributed by atoms with van der Waals surface area (Å²) < 4.78 is 5.56. The minimum absolute atomic E-state index is 0.0618. The summed E-state index contributed by atoms with van der Waals surface area (Å²) in [6.45, 7) is 0.732. The Morgan fingerprint density at radius 3 is 3.15 bits per heavy atom. The molecule has 1 saturated heterocycles. The van der Waals surface area contributed by atoms with Gasteiger partial charge in [-0.15, -0.1) is 0 Å². The molecule has 1 aromatic rings. The van der Waals surface area contributed by atoms with Crippen LogP contribution in [0.4, 0.5) is 0 Å². The molecule has 0 bridgehead atoms. The van der Waals surface area contributed by atoms with Gasteiger partial charge in [-0.1, -0.05) is 0 Å². The van der Waals surface area contributed by atoms with Gasteiger partial charge in [0.25, 0.3) is 0 Å². The van der Waals surface area contributed by atoms with Crippen molar-refractivity contribution >= 4 is 0 Å². The van der Waals surface area contributed by atoms with Gasteiger partial charge < -0.3 is 10.5 Å². The first-order chi connectivity index (χ1) is 6.36. The van der Waals surface area contributed by atoms with E-state index in [-0.39, 0.29) is 12.1 Å². The average molecular weight is 179 g/mol. The molecule has 2 heterocycles. The van der Waals surface area contributed by atoms with Crippen LogP contribution in [0.2, 0.25) is 0 Å². The van der Waals surface area contributed by atoms with Crippen LogP contribution in [0, 0.1) is 0 Å². The van der Waals surface area contributed by atoms with Gasteiger partial charge in [0, 0.05) is 18.8 Å². The Kier molecular flexibility index (Phi) is 2.52. The molecule has 0 aliphatic carbocycles. The Morgan fingerprint density at radius 2 is 2.46 bits per heavy atom. The number of aromatic nitrogens is 2. The van der Waals surface area contributed by atoms with Crippen molar-refractivity contribution in [1.29, 1.82) is 0 Å². The Morgan fingerprint density at radius 1 is 1.54 bits per heavy atom. The van der Waals surface area contributed by atoms with Crippen LogP contribution in [0.1, 0.15) is 24.6 Å².